The van der Waals surface area contributed by atoms with Crippen LogP contribution in [-0.2, 0) is 5.54 Å². The molecule has 3 nitrogen and oxygen atoms in total. The first kappa shape index (κ1) is 10.7. The third-order valence-electron chi connectivity index (χ3n) is 3.02. The predicted molar refractivity (Wildman–Crippen MR) is 62.1 cm³/mol. The Morgan fingerprint density at radius 1 is 1.47 bits per heavy atom. The molecule has 2 rings (SSSR count). The first-order valence-corrected chi connectivity index (χ1v) is 5.84. The van der Waals surface area contributed by atoms with E-state index in [1.165, 1.54) is 25.1 Å². The van der Waals surface area contributed by atoms with Crippen LogP contribution in [0.15, 0.2) is 12.3 Å². The van der Waals surface area contributed by atoms with Crippen molar-refractivity contribution in [1.82, 2.24) is 15.1 Å². The fourth-order valence-corrected chi connectivity index (χ4v) is 2.29. The van der Waals surface area contributed by atoms with Crippen LogP contribution in [0.1, 0.15) is 45.2 Å². The normalized spacial score (nSPS) is 23.0. The van der Waals surface area contributed by atoms with Gasteiger partial charge in [-0.25, -0.2) is 0 Å². The largest absolute Gasteiger partial charge is 0.316 e. The first-order valence-electron chi connectivity index (χ1n) is 5.84. The van der Waals surface area contributed by atoms with E-state index in [-0.39, 0.29) is 5.54 Å². The average Bonchev–Trinajstić information content (AvgIpc) is 2.67. The minimum atomic E-state index is 0.0935. The van der Waals surface area contributed by atoms with E-state index < -0.39 is 0 Å². The van der Waals surface area contributed by atoms with E-state index >= 15 is 0 Å². The van der Waals surface area contributed by atoms with Crippen molar-refractivity contribution in [3.05, 3.63) is 18.0 Å². The zero-order chi connectivity index (χ0) is 10.9. The topological polar surface area (TPSA) is 29.9 Å². The highest BCUT2D eigenvalue weighted by molar-refractivity contribution is 5.11. The summed E-state index contributed by atoms with van der Waals surface area (Å²) < 4.78 is 2.17. The molecule has 3 heteroatoms. The van der Waals surface area contributed by atoms with Gasteiger partial charge in [-0.3, -0.25) is 4.68 Å². The number of hydrogen-bond donors (Lipinski definition) is 1. The second-order valence-corrected chi connectivity index (χ2v) is 5.38. The summed E-state index contributed by atoms with van der Waals surface area (Å²) >= 11 is 0. The molecule has 1 unspecified atom stereocenters. The zero-order valence-corrected chi connectivity index (χ0v) is 9.95. The molecule has 15 heavy (non-hydrogen) atoms. The Hall–Kier alpha value is -0.830. The number of nitrogens with one attached hydrogen (secondary N) is 1. The van der Waals surface area contributed by atoms with Gasteiger partial charge in [-0.1, -0.05) is 0 Å². The molecule has 0 amide bonds. The monoisotopic (exact) mass is 207 g/mol. The fraction of sp³-hybridized carbons (Fsp3) is 0.750. The Balaban J connectivity index is 2.24. The van der Waals surface area contributed by atoms with Gasteiger partial charge in [-0.05, 0) is 46.2 Å². The van der Waals surface area contributed by atoms with Crippen molar-refractivity contribution in [2.75, 3.05) is 13.1 Å². The number of aromatic nitrogens is 2. The molecule has 1 aliphatic heterocycles. The standard InChI is InChI=1S/C12H21N3/c1-12(2,3)15-11(6-8-14-15)10-5-4-7-13-9-10/h6,8,10,13H,4-5,7,9H2,1-3H3. The molecule has 0 saturated carbocycles. The molecule has 1 aliphatic rings. The maximum Gasteiger partial charge on any atom is 0.0546 e. The van der Waals surface area contributed by atoms with Crippen LogP contribution in [0.4, 0.5) is 0 Å². The molecule has 2 heterocycles. The Morgan fingerprint density at radius 2 is 2.27 bits per heavy atom. The van der Waals surface area contributed by atoms with E-state index in [0.29, 0.717) is 5.92 Å². The summed E-state index contributed by atoms with van der Waals surface area (Å²) in [7, 11) is 0. The minimum Gasteiger partial charge on any atom is -0.316 e. The first-order chi connectivity index (χ1) is 7.09. The van der Waals surface area contributed by atoms with Gasteiger partial charge in [-0.2, -0.15) is 5.10 Å². The van der Waals surface area contributed by atoms with E-state index in [1.54, 1.807) is 0 Å². The summed E-state index contributed by atoms with van der Waals surface area (Å²) in [6.07, 6.45) is 4.49. The molecule has 0 bridgehead atoms. The van der Waals surface area contributed by atoms with Gasteiger partial charge in [-0.15, -0.1) is 0 Å². The Morgan fingerprint density at radius 3 is 2.87 bits per heavy atom. The van der Waals surface area contributed by atoms with E-state index in [4.69, 9.17) is 0 Å². The lowest BCUT2D eigenvalue weighted by atomic mass is 9.95. The van der Waals surface area contributed by atoms with Crippen molar-refractivity contribution >= 4 is 0 Å². The number of piperidine rings is 1. The molecule has 1 aromatic heterocycles. The number of nitrogens with zero attached hydrogens (tertiary/aromatic N) is 2. The van der Waals surface area contributed by atoms with Crippen LogP contribution in [0.5, 0.6) is 0 Å². The van der Waals surface area contributed by atoms with Crippen LogP contribution in [0.3, 0.4) is 0 Å². The molecule has 1 atom stereocenters. The van der Waals surface area contributed by atoms with Crippen LogP contribution < -0.4 is 5.32 Å². The summed E-state index contributed by atoms with van der Waals surface area (Å²) in [5.74, 6) is 0.639. The maximum atomic E-state index is 4.45. The third-order valence-corrected chi connectivity index (χ3v) is 3.02. The molecule has 84 valence electrons. The second-order valence-electron chi connectivity index (χ2n) is 5.38. The van der Waals surface area contributed by atoms with Crippen molar-refractivity contribution < 1.29 is 0 Å². The Kier molecular flexibility index (Phi) is 2.83. The van der Waals surface area contributed by atoms with Crippen LogP contribution in [-0.4, -0.2) is 22.9 Å². The second kappa shape index (κ2) is 3.97. The summed E-state index contributed by atoms with van der Waals surface area (Å²) in [5, 5.41) is 7.91. The summed E-state index contributed by atoms with van der Waals surface area (Å²) in [4.78, 5) is 0. The smallest absolute Gasteiger partial charge is 0.0546 e. The van der Waals surface area contributed by atoms with Gasteiger partial charge in [0.1, 0.15) is 0 Å². The third kappa shape index (κ3) is 2.23. The molecule has 0 aliphatic carbocycles. The number of hydrogen-bond acceptors (Lipinski definition) is 2. The van der Waals surface area contributed by atoms with E-state index in [2.05, 4.69) is 41.9 Å². The predicted octanol–water partition coefficient (Wildman–Crippen LogP) is 2.11. The fourth-order valence-electron chi connectivity index (χ4n) is 2.29. The highest BCUT2D eigenvalue weighted by atomic mass is 15.3. The van der Waals surface area contributed by atoms with E-state index in [0.717, 1.165) is 6.54 Å². The van der Waals surface area contributed by atoms with Gasteiger partial charge in [0.05, 0.1) is 5.54 Å². The van der Waals surface area contributed by atoms with Crippen LogP contribution in [0.25, 0.3) is 0 Å². The number of rotatable bonds is 1. The lowest BCUT2D eigenvalue weighted by Gasteiger charge is -2.28. The zero-order valence-electron chi connectivity index (χ0n) is 9.95. The van der Waals surface area contributed by atoms with Crippen molar-refractivity contribution in [2.24, 2.45) is 0 Å². The molecule has 0 radical (unpaired) electrons. The average molecular weight is 207 g/mol. The van der Waals surface area contributed by atoms with Gasteiger partial charge in [0, 0.05) is 24.4 Å². The summed E-state index contributed by atoms with van der Waals surface area (Å²) in [6, 6.07) is 2.17. The molecule has 1 fully saturated rings. The summed E-state index contributed by atoms with van der Waals surface area (Å²) in [5.41, 5.74) is 1.48. The van der Waals surface area contributed by atoms with Gasteiger partial charge in [0.15, 0.2) is 0 Å². The van der Waals surface area contributed by atoms with Crippen LogP contribution in [0, 0.1) is 0 Å². The SMILES string of the molecule is CC(C)(C)n1nccc1C1CCCNC1. The lowest BCUT2D eigenvalue weighted by molar-refractivity contribution is 0.323. The van der Waals surface area contributed by atoms with Crippen LogP contribution in [0.2, 0.25) is 0 Å². The van der Waals surface area contributed by atoms with Gasteiger partial charge in [0.25, 0.3) is 0 Å². The molecule has 0 aromatic carbocycles. The van der Waals surface area contributed by atoms with Crippen molar-refractivity contribution in [3.63, 3.8) is 0 Å². The molecule has 1 saturated heterocycles. The minimum absolute atomic E-state index is 0.0935. The Bertz CT molecular complexity index is 316. The Labute approximate surface area is 91.9 Å². The highest BCUT2D eigenvalue weighted by Crippen LogP contribution is 2.26. The lowest BCUT2D eigenvalue weighted by Crippen LogP contribution is -2.33. The highest BCUT2D eigenvalue weighted by Gasteiger charge is 2.23. The molecule has 1 aromatic rings. The van der Waals surface area contributed by atoms with Crippen molar-refractivity contribution in [3.8, 4) is 0 Å². The molecule has 1 N–H and O–H groups in total. The molecular weight excluding hydrogens is 186 g/mol. The van der Waals surface area contributed by atoms with Crippen molar-refractivity contribution in [2.45, 2.75) is 45.1 Å². The van der Waals surface area contributed by atoms with E-state index in [9.17, 15) is 0 Å². The quantitative estimate of drug-likeness (QED) is 0.764. The van der Waals surface area contributed by atoms with E-state index in [1.807, 2.05) is 6.20 Å². The summed E-state index contributed by atoms with van der Waals surface area (Å²) in [6.45, 7) is 8.89. The van der Waals surface area contributed by atoms with Gasteiger partial charge in [0.2, 0.25) is 0 Å². The van der Waals surface area contributed by atoms with Crippen LogP contribution >= 0.6 is 0 Å². The van der Waals surface area contributed by atoms with Gasteiger partial charge < -0.3 is 5.32 Å². The van der Waals surface area contributed by atoms with Gasteiger partial charge >= 0.3 is 0 Å². The maximum absolute atomic E-state index is 4.45. The molecular formula is C12H21N3. The van der Waals surface area contributed by atoms with Crippen molar-refractivity contribution in [1.29, 1.82) is 0 Å². The molecule has 0 spiro atoms.